The fourth-order valence-electron chi connectivity index (χ4n) is 0.551. The van der Waals surface area contributed by atoms with Gasteiger partial charge < -0.3 is 4.74 Å². The van der Waals surface area contributed by atoms with Crippen molar-refractivity contribution in [1.29, 1.82) is 0 Å². The summed E-state index contributed by atoms with van der Waals surface area (Å²) in [5, 5.41) is 8.31. The Hall–Kier alpha value is -1.15. The van der Waals surface area contributed by atoms with Crippen molar-refractivity contribution in [2.24, 2.45) is 0 Å². The topological polar surface area (TPSA) is 35.0 Å². The van der Waals surface area contributed by atoms with Crippen LogP contribution in [0.5, 0.6) is 5.19 Å². The molecule has 3 nitrogen and oxygen atoms in total. The standard InChI is InChI=1S/C7H7FN2OS/c1-2-11-7-10-9-6(12-7)4-3-5-8/h2,5H2,1H3. The summed E-state index contributed by atoms with van der Waals surface area (Å²) < 4.78 is 16.6. The van der Waals surface area contributed by atoms with Crippen molar-refractivity contribution in [2.75, 3.05) is 13.3 Å². The van der Waals surface area contributed by atoms with Gasteiger partial charge in [-0.05, 0) is 24.2 Å². The van der Waals surface area contributed by atoms with Gasteiger partial charge in [-0.1, -0.05) is 11.0 Å². The van der Waals surface area contributed by atoms with Gasteiger partial charge >= 0.3 is 0 Å². The second-order valence-corrected chi connectivity index (χ2v) is 2.68. The molecule has 0 aromatic carbocycles. The van der Waals surface area contributed by atoms with Crippen LogP contribution in [0.1, 0.15) is 11.9 Å². The van der Waals surface area contributed by atoms with Crippen LogP contribution in [0.4, 0.5) is 4.39 Å². The molecule has 0 atom stereocenters. The van der Waals surface area contributed by atoms with E-state index in [9.17, 15) is 4.39 Å². The molecular weight excluding hydrogens is 179 g/mol. The Kier molecular flexibility index (Phi) is 3.48. The van der Waals surface area contributed by atoms with Gasteiger partial charge in [0.2, 0.25) is 0 Å². The maximum Gasteiger partial charge on any atom is 0.294 e. The quantitative estimate of drug-likeness (QED) is 0.652. The third-order valence-corrected chi connectivity index (χ3v) is 1.69. The minimum absolute atomic E-state index is 0.473. The largest absolute Gasteiger partial charge is 0.469 e. The first-order valence-corrected chi connectivity index (χ1v) is 4.19. The van der Waals surface area contributed by atoms with Crippen molar-refractivity contribution in [3.8, 4) is 17.0 Å². The molecule has 1 heterocycles. The zero-order valence-corrected chi connectivity index (χ0v) is 7.32. The van der Waals surface area contributed by atoms with Crippen LogP contribution in [0.25, 0.3) is 0 Å². The van der Waals surface area contributed by atoms with Crippen molar-refractivity contribution in [3.63, 3.8) is 0 Å². The molecule has 0 aliphatic heterocycles. The average molecular weight is 186 g/mol. The molecule has 1 rings (SSSR count). The SMILES string of the molecule is CCOc1nnc(C#CCF)s1. The molecule has 0 unspecified atom stereocenters. The first-order valence-electron chi connectivity index (χ1n) is 3.38. The molecule has 0 radical (unpaired) electrons. The molecule has 12 heavy (non-hydrogen) atoms. The van der Waals surface area contributed by atoms with E-state index >= 15 is 0 Å². The Morgan fingerprint density at radius 1 is 1.58 bits per heavy atom. The fourth-order valence-corrected chi connectivity index (χ4v) is 1.18. The molecule has 0 bridgehead atoms. The van der Waals surface area contributed by atoms with Gasteiger partial charge in [-0.2, -0.15) is 0 Å². The lowest BCUT2D eigenvalue weighted by Gasteiger charge is -1.90. The molecule has 0 spiro atoms. The van der Waals surface area contributed by atoms with Crippen LogP contribution in [-0.4, -0.2) is 23.5 Å². The third-order valence-electron chi connectivity index (χ3n) is 0.936. The molecule has 64 valence electrons. The van der Waals surface area contributed by atoms with Gasteiger partial charge in [0.05, 0.1) is 6.61 Å². The highest BCUT2D eigenvalue weighted by Gasteiger charge is 2.00. The Labute approximate surface area is 73.6 Å². The molecular formula is C7H7FN2OS. The predicted molar refractivity (Wildman–Crippen MR) is 43.9 cm³/mol. The lowest BCUT2D eigenvalue weighted by atomic mass is 10.6. The van der Waals surface area contributed by atoms with Gasteiger partial charge in [-0.3, -0.25) is 0 Å². The molecule has 1 aromatic rings. The van der Waals surface area contributed by atoms with E-state index in [0.29, 0.717) is 16.8 Å². The summed E-state index contributed by atoms with van der Waals surface area (Å²) in [5.74, 6) is 4.77. The van der Waals surface area contributed by atoms with Crippen LogP contribution >= 0.6 is 11.3 Å². The van der Waals surface area contributed by atoms with E-state index in [2.05, 4.69) is 22.0 Å². The normalized spacial score (nSPS) is 8.83. The van der Waals surface area contributed by atoms with E-state index in [1.165, 1.54) is 11.3 Å². The Bertz CT molecular complexity index is 302. The van der Waals surface area contributed by atoms with E-state index < -0.39 is 6.67 Å². The number of ether oxygens (including phenoxy) is 1. The molecule has 0 N–H and O–H groups in total. The second kappa shape index (κ2) is 4.67. The van der Waals surface area contributed by atoms with Gasteiger partial charge in [-0.25, -0.2) is 4.39 Å². The summed E-state index contributed by atoms with van der Waals surface area (Å²) in [6, 6.07) is 0. The molecule has 0 amide bonds. The van der Waals surface area contributed by atoms with E-state index in [0.717, 1.165) is 0 Å². The number of alkyl halides is 1. The van der Waals surface area contributed by atoms with Crippen molar-refractivity contribution >= 4 is 11.3 Å². The van der Waals surface area contributed by atoms with Crippen LogP contribution < -0.4 is 4.74 Å². The fraction of sp³-hybridized carbons (Fsp3) is 0.429. The maximum atomic E-state index is 11.6. The van der Waals surface area contributed by atoms with Crippen molar-refractivity contribution in [1.82, 2.24) is 10.2 Å². The molecule has 0 aliphatic carbocycles. The van der Waals surface area contributed by atoms with Gasteiger partial charge in [0.15, 0.2) is 11.7 Å². The predicted octanol–water partition coefficient (Wildman–Crippen LogP) is 1.26. The van der Waals surface area contributed by atoms with Crippen LogP contribution in [0.2, 0.25) is 0 Å². The van der Waals surface area contributed by atoms with Gasteiger partial charge in [0.25, 0.3) is 5.19 Å². The van der Waals surface area contributed by atoms with E-state index in [4.69, 9.17) is 4.74 Å². The Morgan fingerprint density at radius 2 is 2.42 bits per heavy atom. The van der Waals surface area contributed by atoms with Crippen molar-refractivity contribution < 1.29 is 9.13 Å². The number of aromatic nitrogens is 2. The molecule has 0 saturated carbocycles. The highest BCUT2D eigenvalue weighted by Crippen LogP contribution is 2.16. The molecule has 5 heteroatoms. The first-order chi connectivity index (χ1) is 5.86. The third kappa shape index (κ3) is 2.47. The van der Waals surface area contributed by atoms with Gasteiger partial charge in [0.1, 0.15) is 0 Å². The number of halogens is 1. The monoisotopic (exact) mass is 186 g/mol. The Balaban J connectivity index is 2.64. The van der Waals surface area contributed by atoms with Crippen molar-refractivity contribution in [2.45, 2.75) is 6.92 Å². The minimum Gasteiger partial charge on any atom is -0.469 e. The smallest absolute Gasteiger partial charge is 0.294 e. The lowest BCUT2D eigenvalue weighted by molar-refractivity contribution is 0.335. The van der Waals surface area contributed by atoms with Crippen LogP contribution in [-0.2, 0) is 0 Å². The summed E-state index contributed by atoms with van der Waals surface area (Å²) in [5.41, 5.74) is 0. The molecule has 0 saturated heterocycles. The summed E-state index contributed by atoms with van der Waals surface area (Å²) in [4.78, 5) is 0. The van der Waals surface area contributed by atoms with Crippen molar-refractivity contribution in [3.05, 3.63) is 5.01 Å². The zero-order chi connectivity index (χ0) is 8.81. The van der Waals surface area contributed by atoms with E-state index in [1.807, 2.05) is 6.92 Å². The summed E-state index contributed by atoms with van der Waals surface area (Å²) in [6.45, 7) is 1.74. The maximum absolute atomic E-state index is 11.6. The summed E-state index contributed by atoms with van der Waals surface area (Å²) in [7, 11) is 0. The number of nitrogens with zero attached hydrogens (tertiary/aromatic N) is 2. The van der Waals surface area contributed by atoms with Crippen LogP contribution in [0, 0.1) is 11.8 Å². The average Bonchev–Trinajstić information content (AvgIpc) is 2.50. The van der Waals surface area contributed by atoms with E-state index in [1.54, 1.807) is 0 Å². The molecule has 0 fully saturated rings. The van der Waals surface area contributed by atoms with E-state index in [-0.39, 0.29) is 0 Å². The highest BCUT2D eigenvalue weighted by molar-refractivity contribution is 7.13. The molecule has 1 aromatic heterocycles. The number of rotatable bonds is 2. The highest BCUT2D eigenvalue weighted by atomic mass is 32.1. The Morgan fingerprint density at radius 3 is 3.08 bits per heavy atom. The first kappa shape index (κ1) is 8.94. The zero-order valence-electron chi connectivity index (χ0n) is 6.50. The van der Waals surface area contributed by atoms with Gasteiger partial charge in [-0.15, -0.1) is 5.10 Å². The molecule has 0 aliphatic rings. The number of hydrogen-bond donors (Lipinski definition) is 0. The summed E-state index contributed by atoms with van der Waals surface area (Å²) in [6.07, 6.45) is 0. The summed E-state index contributed by atoms with van der Waals surface area (Å²) >= 11 is 1.21. The minimum atomic E-state index is -0.663. The lowest BCUT2D eigenvalue weighted by Crippen LogP contribution is -1.89. The second-order valence-electron chi connectivity index (χ2n) is 1.74. The van der Waals surface area contributed by atoms with Gasteiger partial charge in [0, 0.05) is 0 Å². The number of hydrogen-bond acceptors (Lipinski definition) is 4. The van der Waals surface area contributed by atoms with Crippen LogP contribution in [0.15, 0.2) is 0 Å². The van der Waals surface area contributed by atoms with Crippen LogP contribution in [0.3, 0.4) is 0 Å².